The lowest BCUT2D eigenvalue weighted by molar-refractivity contribution is 0.620. The van der Waals surface area contributed by atoms with Crippen LogP contribution in [0.5, 0.6) is 0 Å². The molecular weight excluding hydrogens is 733 g/mol. The second-order valence-corrected chi connectivity index (χ2v) is 16.3. The number of oxazole rings is 1. The van der Waals surface area contributed by atoms with Crippen LogP contribution in [0.4, 0.5) is 17.1 Å². The second-order valence-electron chi connectivity index (χ2n) is 16.3. The first-order chi connectivity index (χ1) is 29.5. The zero-order valence-corrected chi connectivity index (χ0v) is 33.2. The van der Waals surface area contributed by atoms with E-state index in [9.17, 15) is 0 Å². The summed E-state index contributed by atoms with van der Waals surface area (Å²) < 4.78 is 13.1. The summed E-state index contributed by atoms with van der Waals surface area (Å²) in [6, 6.07) is 69.1. The van der Waals surface area contributed by atoms with E-state index in [-0.39, 0.29) is 5.41 Å². The molecule has 0 N–H and O–H groups in total. The summed E-state index contributed by atoms with van der Waals surface area (Å²) in [5, 5.41) is 4.31. The second kappa shape index (κ2) is 13.2. The van der Waals surface area contributed by atoms with E-state index in [2.05, 4.69) is 183 Å². The van der Waals surface area contributed by atoms with E-state index in [0.717, 1.165) is 77.6 Å². The lowest BCUT2D eigenvalue weighted by atomic mass is 9.82. The molecule has 284 valence electrons. The maximum Gasteiger partial charge on any atom is 0.227 e. The van der Waals surface area contributed by atoms with Crippen molar-refractivity contribution in [2.45, 2.75) is 19.3 Å². The molecule has 4 nitrogen and oxygen atoms in total. The van der Waals surface area contributed by atoms with Crippen molar-refractivity contribution in [3.05, 3.63) is 205 Å². The Bertz CT molecular complexity index is 3450. The van der Waals surface area contributed by atoms with Gasteiger partial charge >= 0.3 is 0 Å². The Kier molecular flexibility index (Phi) is 7.54. The van der Waals surface area contributed by atoms with Gasteiger partial charge in [0.25, 0.3) is 0 Å². The minimum Gasteiger partial charge on any atom is -0.455 e. The standard InChI is InChI=1S/C56H38N2O2/c1-56(2)49-20-12-11-18-43(49)44-28-26-41(33-50(44)56)58(39-24-21-36(22-25-39)35-13-5-3-6-14-35)40-27-30-52-47(32-40)48-34-46(42-17-9-10-19-45(42)54(48)59-52)38-23-29-51-53(31-38)60-55(57-51)37-15-7-4-8-16-37/h3-34H,1-2H3. The molecule has 0 aliphatic heterocycles. The third-order valence-corrected chi connectivity index (χ3v) is 12.5. The minimum atomic E-state index is -0.134. The molecular formula is C56H38N2O2. The van der Waals surface area contributed by atoms with Crippen LogP contribution in [-0.4, -0.2) is 4.98 Å². The summed E-state index contributed by atoms with van der Waals surface area (Å²) in [7, 11) is 0. The Hall–Kier alpha value is -7.69. The maximum absolute atomic E-state index is 6.77. The van der Waals surface area contributed by atoms with E-state index in [4.69, 9.17) is 13.8 Å². The molecule has 0 atom stereocenters. The molecule has 0 bridgehead atoms. The molecule has 9 aromatic carbocycles. The third-order valence-electron chi connectivity index (χ3n) is 12.5. The molecule has 11 aromatic rings. The number of anilines is 3. The number of nitrogens with zero attached hydrogens (tertiary/aromatic N) is 2. The molecule has 0 saturated heterocycles. The SMILES string of the molecule is CC1(C)c2ccccc2-c2ccc(N(c3ccc(-c4ccccc4)cc3)c3ccc4oc5c6ccccc6c(-c6ccc7nc(-c8ccccc8)oc7c6)cc5c4c3)cc21. The quantitative estimate of drug-likeness (QED) is 0.169. The summed E-state index contributed by atoms with van der Waals surface area (Å²) in [5.41, 5.74) is 17.2. The van der Waals surface area contributed by atoms with Gasteiger partial charge in [0, 0.05) is 44.2 Å². The van der Waals surface area contributed by atoms with E-state index >= 15 is 0 Å². The summed E-state index contributed by atoms with van der Waals surface area (Å²) in [4.78, 5) is 7.20. The first-order valence-electron chi connectivity index (χ1n) is 20.5. The highest BCUT2D eigenvalue weighted by Crippen LogP contribution is 2.51. The predicted molar refractivity (Wildman–Crippen MR) is 247 cm³/mol. The van der Waals surface area contributed by atoms with E-state index in [1.165, 1.54) is 33.4 Å². The molecule has 0 fully saturated rings. The number of benzene rings is 9. The van der Waals surface area contributed by atoms with Crippen LogP contribution in [0.3, 0.4) is 0 Å². The number of fused-ring (bicyclic) bond motifs is 9. The van der Waals surface area contributed by atoms with Crippen LogP contribution in [0.25, 0.3) is 88.6 Å². The molecule has 0 unspecified atom stereocenters. The molecule has 0 amide bonds. The molecule has 0 radical (unpaired) electrons. The molecule has 2 aromatic heterocycles. The zero-order valence-electron chi connectivity index (χ0n) is 33.2. The Balaban J connectivity index is 1.03. The van der Waals surface area contributed by atoms with Gasteiger partial charge in [0.05, 0.1) is 0 Å². The highest BCUT2D eigenvalue weighted by Gasteiger charge is 2.35. The molecule has 0 saturated carbocycles. The summed E-state index contributed by atoms with van der Waals surface area (Å²) in [6.45, 7) is 4.68. The van der Waals surface area contributed by atoms with E-state index in [0.29, 0.717) is 5.89 Å². The topological polar surface area (TPSA) is 42.4 Å². The lowest BCUT2D eigenvalue weighted by Gasteiger charge is -2.28. The molecule has 60 heavy (non-hydrogen) atoms. The summed E-state index contributed by atoms with van der Waals surface area (Å²) in [5.74, 6) is 0.618. The molecule has 2 heterocycles. The van der Waals surface area contributed by atoms with Crippen molar-refractivity contribution >= 4 is 60.9 Å². The summed E-state index contributed by atoms with van der Waals surface area (Å²) in [6.07, 6.45) is 0. The van der Waals surface area contributed by atoms with Crippen molar-refractivity contribution in [3.63, 3.8) is 0 Å². The molecule has 4 heteroatoms. The van der Waals surface area contributed by atoms with E-state index < -0.39 is 0 Å². The summed E-state index contributed by atoms with van der Waals surface area (Å²) >= 11 is 0. The van der Waals surface area contributed by atoms with Gasteiger partial charge in [-0.2, -0.15) is 0 Å². The van der Waals surface area contributed by atoms with Crippen LogP contribution in [-0.2, 0) is 5.41 Å². The number of rotatable bonds is 6. The van der Waals surface area contributed by atoms with Gasteiger partial charge in [-0.3, -0.25) is 0 Å². The highest BCUT2D eigenvalue weighted by molar-refractivity contribution is 6.19. The monoisotopic (exact) mass is 770 g/mol. The Morgan fingerprint density at radius 3 is 1.85 bits per heavy atom. The fourth-order valence-corrected chi connectivity index (χ4v) is 9.47. The number of hydrogen-bond donors (Lipinski definition) is 0. The van der Waals surface area contributed by atoms with E-state index in [1.54, 1.807) is 0 Å². The average molecular weight is 771 g/mol. The lowest BCUT2D eigenvalue weighted by Crippen LogP contribution is -2.16. The normalized spacial score (nSPS) is 13.0. The van der Waals surface area contributed by atoms with Crippen LogP contribution in [0.2, 0.25) is 0 Å². The Labute approximate surface area is 347 Å². The number of hydrogen-bond acceptors (Lipinski definition) is 4. The number of furan rings is 1. The van der Waals surface area contributed by atoms with Gasteiger partial charge in [-0.15, -0.1) is 0 Å². The molecule has 1 aliphatic rings. The van der Waals surface area contributed by atoms with Gasteiger partial charge < -0.3 is 13.7 Å². The van der Waals surface area contributed by atoms with Gasteiger partial charge in [-0.1, -0.05) is 135 Å². The molecule has 0 spiro atoms. The van der Waals surface area contributed by atoms with E-state index in [1.807, 2.05) is 30.3 Å². The largest absolute Gasteiger partial charge is 0.455 e. The first-order valence-corrected chi connectivity index (χ1v) is 20.5. The van der Waals surface area contributed by atoms with Crippen molar-refractivity contribution in [1.29, 1.82) is 0 Å². The van der Waals surface area contributed by atoms with Crippen molar-refractivity contribution in [2.75, 3.05) is 4.90 Å². The van der Waals surface area contributed by atoms with Crippen molar-refractivity contribution < 1.29 is 8.83 Å². The van der Waals surface area contributed by atoms with Gasteiger partial charge in [-0.25, -0.2) is 4.98 Å². The van der Waals surface area contributed by atoms with Crippen LogP contribution in [0.15, 0.2) is 203 Å². The van der Waals surface area contributed by atoms with Crippen LogP contribution >= 0.6 is 0 Å². The maximum atomic E-state index is 6.77. The van der Waals surface area contributed by atoms with Crippen LogP contribution in [0.1, 0.15) is 25.0 Å². The highest BCUT2D eigenvalue weighted by atomic mass is 16.3. The Morgan fingerprint density at radius 1 is 0.400 bits per heavy atom. The molecule has 1 aliphatic carbocycles. The average Bonchev–Trinajstić information content (AvgIpc) is 3.97. The van der Waals surface area contributed by atoms with Crippen LogP contribution in [0, 0.1) is 0 Å². The van der Waals surface area contributed by atoms with Gasteiger partial charge in [-0.05, 0) is 123 Å². The van der Waals surface area contributed by atoms with Crippen LogP contribution < -0.4 is 4.90 Å². The number of aromatic nitrogens is 1. The first kappa shape index (κ1) is 34.4. The van der Waals surface area contributed by atoms with Gasteiger partial charge in [0.2, 0.25) is 5.89 Å². The fraction of sp³-hybridized carbons (Fsp3) is 0.0536. The van der Waals surface area contributed by atoms with Crippen molar-refractivity contribution in [3.8, 4) is 44.8 Å². The fourth-order valence-electron chi connectivity index (χ4n) is 9.47. The zero-order chi connectivity index (χ0) is 40.0. The van der Waals surface area contributed by atoms with Gasteiger partial charge in [0.15, 0.2) is 5.58 Å². The predicted octanol–water partition coefficient (Wildman–Crippen LogP) is 15.7. The molecule has 12 rings (SSSR count). The third kappa shape index (κ3) is 5.34. The van der Waals surface area contributed by atoms with Crippen molar-refractivity contribution in [2.24, 2.45) is 0 Å². The van der Waals surface area contributed by atoms with Crippen molar-refractivity contribution in [1.82, 2.24) is 4.98 Å². The van der Waals surface area contributed by atoms with Gasteiger partial charge in [0.1, 0.15) is 16.7 Å². The Morgan fingerprint density at radius 2 is 1.03 bits per heavy atom. The smallest absolute Gasteiger partial charge is 0.227 e. The minimum absolute atomic E-state index is 0.134.